The van der Waals surface area contributed by atoms with E-state index in [-0.39, 0.29) is 0 Å². The van der Waals surface area contributed by atoms with Crippen molar-refractivity contribution >= 4 is 0 Å². The zero-order valence-corrected chi connectivity index (χ0v) is 8.79. The first-order valence-electron chi connectivity index (χ1n) is 5.21. The molecule has 14 heavy (non-hydrogen) atoms. The molecule has 0 saturated heterocycles. The van der Waals surface area contributed by atoms with E-state index in [1.54, 1.807) is 0 Å². The molecule has 2 atom stereocenters. The number of nitrogens with two attached hydrogens (primary N) is 1. The molecule has 0 spiro atoms. The molecule has 2 nitrogen and oxygen atoms in total. The lowest BCUT2D eigenvalue weighted by Crippen LogP contribution is -2.02. The van der Waals surface area contributed by atoms with Gasteiger partial charge in [0.15, 0.2) is 0 Å². The van der Waals surface area contributed by atoms with E-state index in [0.717, 1.165) is 18.8 Å². The van der Waals surface area contributed by atoms with Crippen LogP contribution < -0.4 is 10.5 Å². The molecule has 0 aliphatic heterocycles. The van der Waals surface area contributed by atoms with E-state index in [0.29, 0.717) is 12.0 Å². The average molecular weight is 191 g/mol. The Bertz CT molecular complexity index is 335. The van der Waals surface area contributed by atoms with E-state index in [4.69, 9.17) is 10.5 Å². The van der Waals surface area contributed by atoms with Crippen molar-refractivity contribution in [1.82, 2.24) is 0 Å². The quantitative estimate of drug-likeness (QED) is 0.795. The lowest BCUT2D eigenvalue weighted by molar-refractivity contribution is 0.340. The summed E-state index contributed by atoms with van der Waals surface area (Å²) < 4.78 is 5.44. The van der Waals surface area contributed by atoms with Crippen molar-refractivity contribution in [3.05, 3.63) is 29.3 Å². The van der Waals surface area contributed by atoms with Crippen LogP contribution in [0.2, 0.25) is 0 Å². The number of aryl methyl sites for hydroxylation is 1. The first kappa shape index (κ1) is 9.53. The number of benzene rings is 1. The van der Waals surface area contributed by atoms with E-state index < -0.39 is 0 Å². The largest absolute Gasteiger partial charge is 0.494 e. The molecule has 1 aliphatic rings. The molecule has 2 N–H and O–H groups in total. The molecule has 0 heterocycles. The monoisotopic (exact) mass is 191 g/mol. The minimum Gasteiger partial charge on any atom is -0.494 e. The van der Waals surface area contributed by atoms with Crippen molar-refractivity contribution in [2.24, 2.45) is 5.73 Å². The van der Waals surface area contributed by atoms with Gasteiger partial charge in [-0.05, 0) is 43.5 Å². The smallest absolute Gasteiger partial charge is 0.119 e. The normalized spacial score (nSPS) is 24.8. The van der Waals surface area contributed by atoms with Crippen LogP contribution in [-0.4, -0.2) is 12.6 Å². The highest BCUT2D eigenvalue weighted by molar-refractivity contribution is 5.40. The maximum Gasteiger partial charge on any atom is 0.119 e. The fourth-order valence-corrected chi connectivity index (χ4v) is 1.89. The molecule has 76 valence electrons. The van der Waals surface area contributed by atoms with Gasteiger partial charge in [-0.1, -0.05) is 6.07 Å². The average Bonchev–Trinajstić information content (AvgIpc) is 2.83. The third-order valence-corrected chi connectivity index (χ3v) is 2.79. The van der Waals surface area contributed by atoms with Crippen molar-refractivity contribution in [2.45, 2.75) is 32.2 Å². The minimum atomic E-state index is 0.381. The van der Waals surface area contributed by atoms with E-state index in [9.17, 15) is 0 Å². The molecule has 2 rings (SSSR count). The molecule has 0 amide bonds. The summed E-state index contributed by atoms with van der Waals surface area (Å²) in [7, 11) is 0. The van der Waals surface area contributed by atoms with Gasteiger partial charge in [-0.25, -0.2) is 0 Å². The summed E-state index contributed by atoms with van der Waals surface area (Å²) in [6, 6.07) is 6.67. The van der Waals surface area contributed by atoms with Crippen LogP contribution >= 0.6 is 0 Å². The van der Waals surface area contributed by atoms with Gasteiger partial charge in [-0.2, -0.15) is 0 Å². The number of hydrogen-bond acceptors (Lipinski definition) is 2. The predicted molar refractivity (Wildman–Crippen MR) is 57.7 cm³/mol. The van der Waals surface area contributed by atoms with Gasteiger partial charge in [0.1, 0.15) is 5.75 Å². The van der Waals surface area contributed by atoms with E-state index >= 15 is 0 Å². The van der Waals surface area contributed by atoms with Crippen molar-refractivity contribution in [1.29, 1.82) is 0 Å². The highest BCUT2D eigenvalue weighted by Gasteiger charge is 2.35. The maximum absolute atomic E-state index is 5.83. The van der Waals surface area contributed by atoms with Gasteiger partial charge in [-0.3, -0.25) is 0 Å². The summed E-state index contributed by atoms with van der Waals surface area (Å²) in [4.78, 5) is 0. The summed E-state index contributed by atoms with van der Waals surface area (Å²) in [6.45, 7) is 4.85. The van der Waals surface area contributed by atoms with Crippen LogP contribution in [0.15, 0.2) is 18.2 Å². The third-order valence-electron chi connectivity index (χ3n) is 2.79. The van der Waals surface area contributed by atoms with Crippen LogP contribution in [0.1, 0.15) is 30.4 Å². The standard InChI is InChI=1S/C12H17NO/c1-3-14-9-4-5-10(8(2)6-9)11-7-12(11)13/h4-6,11-12H,3,7,13H2,1-2H3. The molecule has 1 aromatic rings. The fourth-order valence-electron chi connectivity index (χ4n) is 1.89. The molecular weight excluding hydrogens is 174 g/mol. The summed E-state index contributed by atoms with van der Waals surface area (Å²) in [5.41, 5.74) is 8.52. The zero-order valence-electron chi connectivity index (χ0n) is 8.79. The van der Waals surface area contributed by atoms with Gasteiger partial charge in [0.25, 0.3) is 0 Å². The van der Waals surface area contributed by atoms with Crippen molar-refractivity contribution < 1.29 is 4.74 Å². The van der Waals surface area contributed by atoms with Crippen LogP contribution in [0.3, 0.4) is 0 Å². The van der Waals surface area contributed by atoms with Gasteiger partial charge >= 0.3 is 0 Å². The Balaban J connectivity index is 2.19. The van der Waals surface area contributed by atoms with Gasteiger partial charge < -0.3 is 10.5 Å². The molecule has 2 unspecified atom stereocenters. The topological polar surface area (TPSA) is 35.2 Å². The Morgan fingerprint density at radius 3 is 2.71 bits per heavy atom. The van der Waals surface area contributed by atoms with Gasteiger partial charge in [-0.15, -0.1) is 0 Å². The molecule has 1 aliphatic carbocycles. The molecule has 0 bridgehead atoms. The number of rotatable bonds is 3. The lowest BCUT2D eigenvalue weighted by atomic mass is 10.0. The Labute approximate surface area is 85.1 Å². The number of ether oxygens (including phenoxy) is 1. The summed E-state index contributed by atoms with van der Waals surface area (Å²) in [5, 5.41) is 0. The lowest BCUT2D eigenvalue weighted by Gasteiger charge is -2.08. The summed E-state index contributed by atoms with van der Waals surface area (Å²) >= 11 is 0. The molecule has 0 aromatic heterocycles. The third kappa shape index (κ3) is 1.75. The first-order chi connectivity index (χ1) is 6.72. The van der Waals surface area contributed by atoms with Crippen LogP contribution in [-0.2, 0) is 0 Å². The van der Waals surface area contributed by atoms with Crippen molar-refractivity contribution in [3.8, 4) is 5.75 Å². The summed E-state index contributed by atoms with van der Waals surface area (Å²) in [6.07, 6.45) is 1.13. The first-order valence-corrected chi connectivity index (χ1v) is 5.21. The summed E-state index contributed by atoms with van der Waals surface area (Å²) in [5.74, 6) is 1.55. The van der Waals surface area contributed by atoms with E-state index in [1.165, 1.54) is 11.1 Å². The molecule has 1 aromatic carbocycles. The maximum atomic E-state index is 5.83. The van der Waals surface area contributed by atoms with Crippen LogP contribution in [0, 0.1) is 6.92 Å². The van der Waals surface area contributed by atoms with Crippen molar-refractivity contribution in [3.63, 3.8) is 0 Å². The Hall–Kier alpha value is -1.02. The van der Waals surface area contributed by atoms with Crippen molar-refractivity contribution in [2.75, 3.05) is 6.61 Å². The molecule has 0 radical (unpaired) electrons. The highest BCUT2D eigenvalue weighted by Crippen LogP contribution is 2.41. The second-order valence-corrected chi connectivity index (χ2v) is 3.96. The number of hydrogen-bond donors (Lipinski definition) is 1. The molecule has 2 heteroatoms. The van der Waals surface area contributed by atoms with Crippen LogP contribution in [0.25, 0.3) is 0 Å². The predicted octanol–water partition coefficient (Wildman–Crippen LogP) is 2.21. The minimum absolute atomic E-state index is 0.381. The zero-order chi connectivity index (χ0) is 10.1. The second-order valence-electron chi connectivity index (χ2n) is 3.96. The van der Waals surface area contributed by atoms with E-state index in [1.807, 2.05) is 13.0 Å². The van der Waals surface area contributed by atoms with Gasteiger partial charge in [0.2, 0.25) is 0 Å². The van der Waals surface area contributed by atoms with Crippen LogP contribution in [0.4, 0.5) is 0 Å². The Kier molecular flexibility index (Phi) is 2.46. The van der Waals surface area contributed by atoms with Gasteiger partial charge in [0, 0.05) is 12.0 Å². The Morgan fingerprint density at radius 1 is 1.50 bits per heavy atom. The molecular formula is C12H17NO. The highest BCUT2D eigenvalue weighted by atomic mass is 16.5. The molecule has 1 saturated carbocycles. The van der Waals surface area contributed by atoms with Crippen LogP contribution in [0.5, 0.6) is 5.75 Å². The SMILES string of the molecule is CCOc1ccc(C2CC2N)c(C)c1. The molecule has 1 fully saturated rings. The Morgan fingerprint density at radius 2 is 2.21 bits per heavy atom. The fraction of sp³-hybridized carbons (Fsp3) is 0.500. The van der Waals surface area contributed by atoms with E-state index in [2.05, 4.69) is 19.1 Å². The van der Waals surface area contributed by atoms with Gasteiger partial charge in [0.05, 0.1) is 6.61 Å². The second kappa shape index (κ2) is 3.62.